The summed E-state index contributed by atoms with van der Waals surface area (Å²) in [6.07, 6.45) is 1.11. The molecule has 7 nitrogen and oxygen atoms in total. The maximum absolute atomic E-state index is 10.4. The molecule has 0 heterocycles. The number of alkyl halides is 2. The maximum atomic E-state index is 10.4. The summed E-state index contributed by atoms with van der Waals surface area (Å²) < 4.78 is 9.62. The van der Waals surface area contributed by atoms with Gasteiger partial charge in [0.05, 0.1) is 35.7 Å². The zero-order chi connectivity index (χ0) is 25.0. The summed E-state index contributed by atoms with van der Waals surface area (Å²) in [5, 5.41) is 17.1. The van der Waals surface area contributed by atoms with Gasteiger partial charge in [0, 0.05) is 0 Å². The van der Waals surface area contributed by atoms with E-state index in [4.69, 9.17) is 49.0 Å². The number of amides is 1. The van der Waals surface area contributed by atoms with Gasteiger partial charge >= 0.3 is 6.09 Å². The van der Waals surface area contributed by atoms with Crippen molar-refractivity contribution in [3.63, 3.8) is 0 Å². The van der Waals surface area contributed by atoms with Gasteiger partial charge in [-0.1, -0.05) is 30.9 Å². The van der Waals surface area contributed by atoms with Crippen molar-refractivity contribution in [3.8, 4) is 17.9 Å². The molecule has 2 rings (SSSR count). The van der Waals surface area contributed by atoms with Crippen molar-refractivity contribution in [2.45, 2.75) is 26.4 Å². The summed E-state index contributed by atoms with van der Waals surface area (Å²) in [5.41, 5.74) is 3.68. The van der Waals surface area contributed by atoms with E-state index in [2.05, 4.69) is 12.6 Å². The second-order valence-electron chi connectivity index (χ2n) is 6.53. The quantitative estimate of drug-likeness (QED) is 0.251. The first-order valence-electron chi connectivity index (χ1n) is 9.08. The number of ether oxygens (including phenoxy) is 2. The Hall–Kier alpha value is -3.23. The lowest BCUT2D eigenvalue weighted by atomic mass is 10.1. The highest BCUT2D eigenvalue weighted by Crippen LogP contribution is 2.10. The van der Waals surface area contributed by atoms with E-state index in [9.17, 15) is 4.79 Å². The van der Waals surface area contributed by atoms with Gasteiger partial charge in [0.2, 0.25) is 0 Å². The predicted octanol–water partition coefficient (Wildman–Crippen LogP) is 5.57. The Balaban J connectivity index is 0. The summed E-state index contributed by atoms with van der Waals surface area (Å²) in [6.45, 7) is 8.90. The minimum atomic E-state index is -0.609. The normalized spacial score (nSPS) is 8.78. The van der Waals surface area contributed by atoms with Crippen LogP contribution in [0.2, 0.25) is 0 Å². The van der Waals surface area contributed by atoms with Crippen LogP contribution < -0.4 is 16.0 Å². The number of benzene rings is 2. The molecule has 0 atom stereocenters. The maximum Gasteiger partial charge on any atom is 0.421 e. The molecule has 172 valence electrons. The van der Waals surface area contributed by atoms with Crippen LogP contribution in [0.5, 0.6) is 5.75 Å². The van der Waals surface area contributed by atoms with E-state index in [1.807, 2.05) is 23.6 Å². The average Bonchev–Trinajstić information content (AvgIpc) is 2.79. The number of nitrogens with one attached hydrogen (secondary N) is 1. The molecule has 3 N–H and O–H groups in total. The van der Waals surface area contributed by atoms with Gasteiger partial charge in [-0.15, -0.1) is 23.2 Å². The molecule has 0 saturated carbocycles. The van der Waals surface area contributed by atoms with Crippen LogP contribution in [0.4, 0.5) is 4.79 Å². The fourth-order valence-corrected chi connectivity index (χ4v) is 1.74. The molecule has 2 aromatic rings. The van der Waals surface area contributed by atoms with Crippen molar-refractivity contribution in [1.29, 1.82) is 10.5 Å². The van der Waals surface area contributed by atoms with Gasteiger partial charge in [0.1, 0.15) is 11.4 Å². The van der Waals surface area contributed by atoms with E-state index in [1.54, 1.807) is 70.4 Å². The van der Waals surface area contributed by atoms with Crippen LogP contribution in [0.3, 0.4) is 0 Å². The second kappa shape index (κ2) is 18.5. The molecule has 0 saturated heterocycles. The Labute approximate surface area is 199 Å². The van der Waals surface area contributed by atoms with Crippen LogP contribution in [0.1, 0.15) is 37.5 Å². The summed E-state index contributed by atoms with van der Waals surface area (Å²) in [4.78, 5) is 10.4. The van der Waals surface area contributed by atoms with Gasteiger partial charge < -0.3 is 9.47 Å². The Bertz CT molecular complexity index is 901. The van der Waals surface area contributed by atoms with Crippen molar-refractivity contribution in [2.75, 3.05) is 12.4 Å². The van der Waals surface area contributed by atoms with Gasteiger partial charge in [-0.05, 0) is 56.7 Å². The lowest BCUT2D eigenvalue weighted by molar-refractivity contribution is 0.0527. The van der Waals surface area contributed by atoms with E-state index >= 15 is 0 Å². The molecule has 0 radical (unpaired) electrons. The second-order valence-corrected chi connectivity index (χ2v) is 7.34. The number of nitriles is 2. The Morgan fingerprint density at radius 3 is 2.00 bits per heavy atom. The molecule has 1 amide bonds. The van der Waals surface area contributed by atoms with E-state index < -0.39 is 11.7 Å². The van der Waals surface area contributed by atoms with Crippen LogP contribution in [-0.2, 0) is 4.74 Å². The average molecular weight is 479 g/mol. The lowest BCUT2D eigenvalue weighted by Gasteiger charge is -2.18. The van der Waals surface area contributed by atoms with Gasteiger partial charge in [0.25, 0.3) is 0 Å². The summed E-state index contributed by atoms with van der Waals surface area (Å²) >= 11 is 9.53. The summed E-state index contributed by atoms with van der Waals surface area (Å²) in [5.74, 6) is 5.48. The highest BCUT2D eigenvalue weighted by atomic mass is 35.5. The molecular weight excluding hydrogens is 451 g/mol. The van der Waals surface area contributed by atoms with Gasteiger partial charge in [-0.3, -0.25) is 5.43 Å². The monoisotopic (exact) mass is 478 g/mol. The molecular formula is C23H28Cl2N4O3. The minimum Gasteiger partial charge on any atom is -0.497 e. The smallest absolute Gasteiger partial charge is 0.421 e. The van der Waals surface area contributed by atoms with E-state index in [0.29, 0.717) is 11.1 Å². The fraction of sp³-hybridized carbons (Fsp3) is 0.261. The number of hydrogen-bond donors (Lipinski definition) is 2. The van der Waals surface area contributed by atoms with E-state index in [1.165, 1.54) is 0 Å². The molecule has 0 aliphatic carbocycles. The summed E-state index contributed by atoms with van der Waals surface area (Å²) in [6, 6.07) is 18.4. The predicted molar refractivity (Wildman–Crippen MR) is 129 cm³/mol. The highest BCUT2D eigenvalue weighted by Gasteiger charge is 2.14. The fourth-order valence-electron chi connectivity index (χ4n) is 1.74. The van der Waals surface area contributed by atoms with Gasteiger partial charge in [0.15, 0.2) is 0 Å². The number of hydrazine groups is 1. The third kappa shape index (κ3) is 17.6. The topological polar surface area (TPSA) is 121 Å². The molecule has 0 spiro atoms. The van der Waals surface area contributed by atoms with Crippen molar-refractivity contribution in [2.24, 2.45) is 5.84 Å². The number of methoxy groups -OCH3 is 1. The Morgan fingerprint density at radius 2 is 1.62 bits per heavy atom. The molecule has 0 fully saturated rings. The number of rotatable bonds is 2. The van der Waals surface area contributed by atoms with E-state index in [0.717, 1.165) is 11.3 Å². The number of hydrogen-bond acceptors (Lipinski definition) is 6. The number of carbonyl (C=O) groups excluding carboxylic acids is 1. The molecule has 0 aliphatic heterocycles. The Kier molecular flexibility index (Phi) is 17.9. The van der Waals surface area contributed by atoms with Crippen LogP contribution in [0.15, 0.2) is 55.1 Å². The highest BCUT2D eigenvalue weighted by molar-refractivity contribution is 6.40. The van der Waals surface area contributed by atoms with Crippen LogP contribution >= 0.6 is 23.2 Å². The van der Waals surface area contributed by atoms with Crippen LogP contribution in [-0.4, -0.2) is 24.1 Å². The number of nitrogens with two attached hydrogens (primary N) is 1. The van der Waals surface area contributed by atoms with Crippen LogP contribution in [0, 0.1) is 22.7 Å². The first kappa shape index (κ1) is 31.0. The standard InChI is InChI=1S/C9H7N.C8H7NO.C5H12N2O2.CH2Cl2/c1-2-8-4-3-5-9(6-8)7-10;1-10-8-4-2-3-7(5-8)6-9;1-5(2,3)9-4(8)7-6;2-1-3/h2-6H,1H2;2-5H,1H3;6H2,1-3H3,(H,7,8);1H2. The molecule has 0 aliphatic rings. The number of nitrogens with zero attached hydrogens (tertiary/aromatic N) is 2. The van der Waals surface area contributed by atoms with Crippen molar-refractivity contribution in [3.05, 3.63) is 71.8 Å². The molecule has 0 unspecified atom stereocenters. The molecule has 0 aromatic heterocycles. The first-order valence-corrected chi connectivity index (χ1v) is 10.2. The van der Waals surface area contributed by atoms with Gasteiger partial charge in [-0.25, -0.2) is 10.6 Å². The Morgan fingerprint density at radius 1 is 1.12 bits per heavy atom. The lowest BCUT2D eigenvalue weighted by Crippen LogP contribution is -2.36. The van der Waals surface area contributed by atoms with Gasteiger partial charge in [-0.2, -0.15) is 10.5 Å². The van der Waals surface area contributed by atoms with E-state index in [-0.39, 0.29) is 5.34 Å². The number of carbonyl (C=O) groups is 1. The molecule has 2 aromatic carbocycles. The number of halogens is 2. The van der Waals surface area contributed by atoms with Crippen molar-refractivity contribution in [1.82, 2.24) is 5.43 Å². The van der Waals surface area contributed by atoms with Crippen molar-refractivity contribution < 1.29 is 14.3 Å². The largest absolute Gasteiger partial charge is 0.497 e. The third-order valence-corrected chi connectivity index (χ3v) is 2.97. The van der Waals surface area contributed by atoms with Crippen LogP contribution in [0.25, 0.3) is 6.08 Å². The summed E-state index contributed by atoms with van der Waals surface area (Å²) in [7, 11) is 1.58. The first-order chi connectivity index (χ1) is 15.1. The minimum absolute atomic E-state index is 0.194. The zero-order valence-electron chi connectivity index (χ0n) is 18.6. The third-order valence-electron chi connectivity index (χ3n) is 2.97. The zero-order valence-corrected chi connectivity index (χ0v) is 20.1. The SMILES string of the molecule is C=Cc1cccc(C#N)c1.CC(C)(C)OC(=O)NN.COc1cccc(C#N)c1.ClCCl. The molecule has 9 heteroatoms. The molecule has 32 heavy (non-hydrogen) atoms. The molecule has 0 bridgehead atoms. The van der Waals surface area contributed by atoms with Crippen molar-refractivity contribution >= 4 is 35.4 Å².